The summed E-state index contributed by atoms with van der Waals surface area (Å²) in [6.07, 6.45) is 0. The highest BCUT2D eigenvalue weighted by Gasteiger charge is 2.10. The minimum atomic E-state index is 0.482. The normalized spacial score (nSPS) is 10.7. The maximum Gasteiger partial charge on any atom is 0.258 e. The van der Waals surface area contributed by atoms with Gasteiger partial charge >= 0.3 is 0 Å². The van der Waals surface area contributed by atoms with E-state index in [0.717, 1.165) is 16.7 Å². The average molecular weight is 305 g/mol. The van der Waals surface area contributed by atoms with Gasteiger partial charge in [-0.15, -0.1) is 11.6 Å². The summed E-state index contributed by atoms with van der Waals surface area (Å²) in [5.74, 6) is 1.51. The molecule has 2 aromatic carbocycles. The standard InChI is InChI=1S/C15H10Cl2N2O/c16-9-10-1-3-12(4-2-10)15-18-14(19-20-15)11-5-7-13(17)8-6-11/h1-8H,9H2. The SMILES string of the molecule is ClCc1ccc(-c2nc(-c3ccc(Cl)cc3)no2)cc1. The smallest absolute Gasteiger partial charge is 0.258 e. The fraction of sp³-hybridized carbons (Fsp3) is 0.0667. The van der Waals surface area contributed by atoms with Crippen molar-refractivity contribution in [2.24, 2.45) is 0 Å². The van der Waals surface area contributed by atoms with Gasteiger partial charge < -0.3 is 4.52 Å². The van der Waals surface area contributed by atoms with Gasteiger partial charge in [0.05, 0.1) is 0 Å². The summed E-state index contributed by atoms with van der Waals surface area (Å²) in [5.41, 5.74) is 2.78. The van der Waals surface area contributed by atoms with E-state index < -0.39 is 0 Å². The lowest BCUT2D eigenvalue weighted by molar-refractivity contribution is 0.432. The third-order valence-corrected chi connectivity index (χ3v) is 3.44. The molecule has 0 radical (unpaired) electrons. The van der Waals surface area contributed by atoms with Crippen LogP contribution in [0.4, 0.5) is 0 Å². The highest BCUT2D eigenvalue weighted by molar-refractivity contribution is 6.30. The number of aromatic nitrogens is 2. The molecule has 0 fully saturated rings. The van der Waals surface area contributed by atoms with Crippen LogP contribution >= 0.6 is 23.2 Å². The molecule has 3 rings (SSSR count). The lowest BCUT2D eigenvalue weighted by Gasteiger charge is -1.96. The maximum atomic E-state index is 5.85. The Morgan fingerprint density at radius 1 is 0.900 bits per heavy atom. The third kappa shape index (κ3) is 2.69. The summed E-state index contributed by atoms with van der Waals surface area (Å²) in [4.78, 5) is 4.38. The number of rotatable bonds is 3. The summed E-state index contributed by atoms with van der Waals surface area (Å²) >= 11 is 11.6. The summed E-state index contributed by atoms with van der Waals surface area (Å²) in [6, 6.07) is 15.0. The zero-order chi connectivity index (χ0) is 13.9. The predicted molar refractivity (Wildman–Crippen MR) is 79.7 cm³/mol. The van der Waals surface area contributed by atoms with Gasteiger partial charge in [-0.05, 0) is 42.0 Å². The average Bonchev–Trinajstić information content (AvgIpc) is 2.98. The number of hydrogen-bond donors (Lipinski definition) is 0. The van der Waals surface area contributed by atoms with Crippen LogP contribution in [0.5, 0.6) is 0 Å². The van der Waals surface area contributed by atoms with Crippen molar-refractivity contribution in [3.05, 3.63) is 59.1 Å². The van der Waals surface area contributed by atoms with Crippen LogP contribution in [0.2, 0.25) is 5.02 Å². The predicted octanol–water partition coefficient (Wildman–Crippen LogP) is 4.80. The highest BCUT2D eigenvalue weighted by Crippen LogP contribution is 2.23. The molecule has 3 nitrogen and oxygen atoms in total. The van der Waals surface area contributed by atoms with Gasteiger partial charge in [0.1, 0.15) is 0 Å². The van der Waals surface area contributed by atoms with E-state index in [4.69, 9.17) is 27.7 Å². The third-order valence-electron chi connectivity index (χ3n) is 2.88. The Kier molecular flexibility index (Phi) is 3.72. The molecule has 1 heterocycles. The van der Waals surface area contributed by atoms with Gasteiger partial charge in [0.25, 0.3) is 5.89 Å². The van der Waals surface area contributed by atoms with Gasteiger partial charge in [0, 0.05) is 22.0 Å². The molecule has 3 aromatic rings. The van der Waals surface area contributed by atoms with E-state index in [2.05, 4.69) is 10.1 Å². The molecule has 100 valence electrons. The molecule has 0 aliphatic rings. The number of alkyl halides is 1. The van der Waals surface area contributed by atoms with E-state index >= 15 is 0 Å². The Balaban J connectivity index is 1.91. The van der Waals surface area contributed by atoms with E-state index in [1.54, 1.807) is 12.1 Å². The fourth-order valence-corrected chi connectivity index (χ4v) is 2.10. The zero-order valence-corrected chi connectivity index (χ0v) is 11.9. The van der Waals surface area contributed by atoms with Crippen LogP contribution in [0.25, 0.3) is 22.8 Å². The van der Waals surface area contributed by atoms with Gasteiger partial charge in [-0.1, -0.05) is 28.9 Å². The molecule has 0 bridgehead atoms. The second-order valence-electron chi connectivity index (χ2n) is 4.26. The van der Waals surface area contributed by atoms with Crippen molar-refractivity contribution in [1.82, 2.24) is 10.1 Å². The van der Waals surface area contributed by atoms with Crippen LogP contribution in [-0.4, -0.2) is 10.1 Å². The first-order chi connectivity index (χ1) is 9.76. The summed E-state index contributed by atoms with van der Waals surface area (Å²) in [5, 5.41) is 4.65. The Hall–Kier alpha value is -1.84. The molecule has 20 heavy (non-hydrogen) atoms. The first kappa shape index (κ1) is 13.2. The van der Waals surface area contributed by atoms with Crippen molar-refractivity contribution in [3.63, 3.8) is 0 Å². The molecule has 0 spiro atoms. The van der Waals surface area contributed by atoms with E-state index in [0.29, 0.717) is 22.6 Å². The lowest BCUT2D eigenvalue weighted by atomic mass is 10.1. The minimum absolute atomic E-state index is 0.482. The van der Waals surface area contributed by atoms with Crippen LogP contribution in [0, 0.1) is 0 Å². The first-order valence-corrected chi connectivity index (χ1v) is 6.92. The molecular weight excluding hydrogens is 295 g/mol. The minimum Gasteiger partial charge on any atom is -0.334 e. The molecule has 0 saturated carbocycles. The molecule has 1 aromatic heterocycles. The van der Waals surface area contributed by atoms with Gasteiger partial charge in [0.15, 0.2) is 0 Å². The second-order valence-corrected chi connectivity index (χ2v) is 4.96. The molecule has 0 unspecified atom stereocenters. The van der Waals surface area contributed by atoms with E-state index in [1.165, 1.54) is 0 Å². The van der Waals surface area contributed by atoms with Crippen molar-refractivity contribution < 1.29 is 4.52 Å². The number of benzene rings is 2. The van der Waals surface area contributed by atoms with Gasteiger partial charge in [0.2, 0.25) is 5.82 Å². The quantitative estimate of drug-likeness (QED) is 0.653. The monoisotopic (exact) mass is 304 g/mol. The van der Waals surface area contributed by atoms with E-state index in [9.17, 15) is 0 Å². The largest absolute Gasteiger partial charge is 0.334 e. The Morgan fingerprint density at radius 3 is 2.20 bits per heavy atom. The summed E-state index contributed by atoms with van der Waals surface area (Å²) in [7, 11) is 0. The van der Waals surface area contributed by atoms with Crippen LogP contribution in [0.3, 0.4) is 0 Å². The van der Waals surface area contributed by atoms with Crippen LogP contribution in [-0.2, 0) is 5.88 Å². The van der Waals surface area contributed by atoms with Crippen LogP contribution < -0.4 is 0 Å². The van der Waals surface area contributed by atoms with E-state index in [1.807, 2.05) is 36.4 Å². The summed E-state index contributed by atoms with van der Waals surface area (Å²) < 4.78 is 5.28. The molecule has 0 atom stereocenters. The maximum absolute atomic E-state index is 5.85. The van der Waals surface area contributed by atoms with Crippen LogP contribution in [0.1, 0.15) is 5.56 Å². The van der Waals surface area contributed by atoms with Crippen molar-refractivity contribution in [2.75, 3.05) is 0 Å². The zero-order valence-electron chi connectivity index (χ0n) is 10.4. The highest BCUT2D eigenvalue weighted by atomic mass is 35.5. The number of nitrogens with zero attached hydrogens (tertiary/aromatic N) is 2. The fourth-order valence-electron chi connectivity index (χ4n) is 1.79. The Bertz CT molecular complexity index is 705. The van der Waals surface area contributed by atoms with Crippen molar-refractivity contribution >= 4 is 23.2 Å². The lowest BCUT2D eigenvalue weighted by Crippen LogP contribution is -1.82. The molecule has 0 N–H and O–H groups in total. The number of halogens is 2. The molecule has 0 aliphatic heterocycles. The Labute approximate surface area is 126 Å². The Morgan fingerprint density at radius 2 is 1.55 bits per heavy atom. The van der Waals surface area contributed by atoms with Crippen molar-refractivity contribution in [2.45, 2.75) is 5.88 Å². The van der Waals surface area contributed by atoms with Crippen molar-refractivity contribution in [1.29, 1.82) is 0 Å². The first-order valence-electron chi connectivity index (χ1n) is 6.01. The number of hydrogen-bond acceptors (Lipinski definition) is 3. The molecular formula is C15H10Cl2N2O. The molecule has 5 heteroatoms. The molecule has 0 saturated heterocycles. The van der Waals surface area contributed by atoms with Crippen LogP contribution in [0.15, 0.2) is 53.1 Å². The topological polar surface area (TPSA) is 38.9 Å². The van der Waals surface area contributed by atoms with Gasteiger partial charge in [-0.25, -0.2) is 0 Å². The van der Waals surface area contributed by atoms with E-state index in [-0.39, 0.29) is 0 Å². The molecule has 0 amide bonds. The van der Waals surface area contributed by atoms with Gasteiger partial charge in [-0.3, -0.25) is 0 Å². The van der Waals surface area contributed by atoms with Gasteiger partial charge in [-0.2, -0.15) is 4.98 Å². The van der Waals surface area contributed by atoms with Crippen molar-refractivity contribution in [3.8, 4) is 22.8 Å². The summed E-state index contributed by atoms with van der Waals surface area (Å²) in [6.45, 7) is 0. The second kappa shape index (κ2) is 5.65. The molecule has 0 aliphatic carbocycles.